The summed E-state index contributed by atoms with van der Waals surface area (Å²) in [6.45, 7) is 0. The fraction of sp³-hybridized carbons (Fsp3) is 0.400. The Hall–Kier alpha value is -1.20. The Morgan fingerprint density at radius 1 is 1.15 bits per heavy atom. The number of hydrogen-bond acceptors (Lipinski definition) is 4. The second-order valence-electron chi connectivity index (χ2n) is 2.17. The molecule has 0 rings (SSSR count). The summed E-state index contributed by atoms with van der Waals surface area (Å²) in [6, 6.07) is 0. The van der Waals surface area contributed by atoms with Gasteiger partial charge in [-0.15, -0.1) is 0 Å². The summed E-state index contributed by atoms with van der Waals surface area (Å²) in [4.78, 5) is 30.5. The molecule has 0 aromatic heterocycles. The summed E-state index contributed by atoms with van der Waals surface area (Å²) in [5.41, 5.74) is -1.55. The largest absolute Gasteiger partial charge is 0.481 e. The molecule has 4 N–H and O–H groups in total. The van der Waals surface area contributed by atoms with Crippen LogP contribution in [0.3, 0.4) is 0 Å². The van der Waals surface area contributed by atoms with E-state index in [9.17, 15) is 14.4 Å². The highest BCUT2D eigenvalue weighted by atomic mass is 31.1. The van der Waals surface area contributed by atoms with Gasteiger partial charge in [0.05, 0.1) is 6.42 Å². The molecule has 7 nitrogen and oxygen atoms in total. The van der Waals surface area contributed by atoms with Gasteiger partial charge in [0.15, 0.2) is 5.34 Å². The van der Waals surface area contributed by atoms with Crippen molar-refractivity contribution < 1.29 is 34.8 Å². The molecule has 0 heterocycles. The van der Waals surface area contributed by atoms with E-state index in [1.165, 1.54) is 0 Å². The van der Waals surface area contributed by atoms with Gasteiger partial charge >= 0.3 is 17.6 Å². The smallest absolute Gasteiger partial charge is 0.341 e. The first-order chi connectivity index (χ1) is 5.78. The summed E-state index contributed by atoms with van der Waals surface area (Å²) in [7, 11) is -1.40. The van der Waals surface area contributed by atoms with Crippen LogP contribution >= 0.6 is 8.58 Å². The maximum atomic E-state index is 10.3. The van der Waals surface area contributed by atoms with Crippen molar-refractivity contribution in [2.24, 2.45) is 0 Å². The molecule has 2 atom stereocenters. The van der Waals surface area contributed by atoms with Crippen LogP contribution in [0.2, 0.25) is 0 Å². The van der Waals surface area contributed by atoms with Crippen LogP contribution in [-0.2, 0) is 9.59 Å². The third-order valence-corrected chi connectivity index (χ3v) is 2.09. The van der Waals surface area contributed by atoms with Gasteiger partial charge in [-0.2, -0.15) is 0 Å². The standard InChI is InChI=1S/C5H7O7P/c6-2(7)1-5(12,3(8)9)13-4(10)11/h12-13H,1H2,(H,6,7)(H,8,9)(H,10,11). The number of carboxylic acid groups (broad SMARTS) is 3. The lowest BCUT2D eigenvalue weighted by molar-refractivity contribution is -0.156. The number of aliphatic carboxylic acids is 2. The van der Waals surface area contributed by atoms with Crippen molar-refractivity contribution in [3.63, 3.8) is 0 Å². The van der Waals surface area contributed by atoms with Gasteiger partial charge in [0.25, 0.3) is 0 Å². The molecule has 0 bridgehead atoms. The molecule has 0 aliphatic heterocycles. The maximum absolute atomic E-state index is 10.3. The third-order valence-electron chi connectivity index (χ3n) is 1.07. The lowest BCUT2D eigenvalue weighted by Gasteiger charge is -2.18. The highest BCUT2D eigenvalue weighted by Crippen LogP contribution is 2.33. The van der Waals surface area contributed by atoms with Crippen LogP contribution in [0.15, 0.2) is 0 Å². The SMILES string of the molecule is O=C(O)CC(O)(PC(=O)O)C(=O)O. The molecule has 0 aromatic carbocycles. The molecule has 0 amide bonds. The predicted molar refractivity (Wildman–Crippen MR) is 41.2 cm³/mol. The molecule has 74 valence electrons. The average Bonchev–Trinajstić information content (AvgIpc) is 1.82. The van der Waals surface area contributed by atoms with Gasteiger partial charge in [0.2, 0.25) is 0 Å². The molecule has 2 unspecified atom stereocenters. The Labute approximate surface area is 73.8 Å². The van der Waals surface area contributed by atoms with Crippen LogP contribution in [0.1, 0.15) is 6.42 Å². The molecule has 0 fully saturated rings. The average molecular weight is 210 g/mol. The van der Waals surface area contributed by atoms with Crippen LogP contribution in [0.25, 0.3) is 0 Å². The zero-order valence-corrected chi connectivity index (χ0v) is 7.22. The topological polar surface area (TPSA) is 132 Å². The summed E-state index contributed by atoms with van der Waals surface area (Å²) in [5, 5.41) is 31.1. The van der Waals surface area contributed by atoms with E-state index in [0.717, 1.165) is 0 Å². The monoisotopic (exact) mass is 210 g/mol. The van der Waals surface area contributed by atoms with E-state index in [1.54, 1.807) is 0 Å². The van der Waals surface area contributed by atoms with Crippen molar-refractivity contribution in [1.29, 1.82) is 0 Å². The fourth-order valence-corrected chi connectivity index (χ4v) is 1.27. The number of aliphatic hydroxyl groups is 1. The first kappa shape index (κ1) is 11.8. The van der Waals surface area contributed by atoms with E-state index in [2.05, 4.69) is 0 Å². The predicted octanol–water partition coefficient (Wildman–Crippen LogP) is -0.409. The van der Waals surface area contributed by atoms with Crippen LogP contribution in [-0.4, -0.2) is 43.4 Å². The van der Waals surface area contributed by atoms with Gasteiger partial charge in [-0.1, -0.05) is 0 Å². The van der Waals surface area contributed by atoms with Crippen molar-refractivity contribution in [3.8, 4) is 0 Å². The molecule has 8 heteroatoms. The van der Waals surface area contributed by atoms with Gasteiger partial charge < -0.3 is 20.4 Å². The second kappa shape index (κ2) is 4.15. The minimum absolute atomic E-state index is 1.13. The quantitative estimate of drug-likeness (QED) is 0.453. The molecule has 0 aliphatic rings. The van der Waals surface area contributed by atoms with Crippen molar-refractivity contribution in [1.82, 2.24) is 0 Å². The van der Waals surface area contributed by atoms with E-state index in [0.29, 0.717) is 0 Å². The highest BCUT2D eigenvalue weighted by molar-refractivity contribution is 7.59. The molecule has 0 radical (unpaired) electrons. The Kier molecular flexibility index (Phi) is 3.77. The Morgan fingerprint density at radius 2 is 1.62 bits per heavy atom. The van der Waals surface area contributed by atoms with E-state index >= 15 is 0 Å². The summed E-state index contributed by atoms with van der Waals surface area (Å²) in [5.74, 6) is -3.42. The molecular weight excluding hydrogens is 203 g/mol. The van der Waals surface area contributed by atoms with Crippen LogP contribution in [0.5, 0.6) is 0 Å². The molecular formula is C5H7O7P. The van der Waals surface area contributed by atoms with E-state index in [1.807, 2.05) is 0 Å². The molecule has 13 heavy (non-hydrogen) atoms. The molecule has 0 aliphatic carbocycles. The van der Waals surface area contributed by atoms with E-state index < -0.39 is 38.0 Å². The van der Waals surface area contributed by atoms with E-state index in [-0.39, 0.29) is 0 Å². The normalized spacial score (nSPS) is 15.5. The Balaban J connectivity index is 4.62. The minimum atomic E-state index is -2.71. The van der Waals surface area contributed by atoms with Crippen molar-refractivity contribution in [2.75, 3.05) is 0 Å². The number of rotatable bonds is 5. The van der Waals surface area contributed by atoms with Crippen molar-refractivity contribution >= 4 is 26.2 Å². The lowest BCUT2D eigenvalue weighted by atomic mass is 10.2. The molecule has 0 saturated carbocycles. The number of hydrogen-bond donors (Lipinski definition) is 4. The molecule has 0 saturated heterocycles. The lowest BCUT2D eigenvalue weighted by Crippen LogP contribution is -2.36. The third kappa shape index (κ3) is 3.82. The Morgan fingerprint density at radius 3 is 1.85 bits per heavy atom. The molecule has 0 aromatic rings. The second-order valence-corrected chi connectivity index (χ2v) is 3.67. The van der Waals surface area contributed by atoms with Gasteiger partial charge in [-0.25, -0.2) is 9.59 Å². The highest BCUT2D eigenvalue weighted by Gasteiger charge is 2.41. The van der Waals surface area contributed by atoms with Crippen LogP contribution in [0, 0.1) is 0 Å². The number of carbonyl (C=O) groups is 3. The number of carboxylic acids is 2. The summed E-state index contributed by atoms with van der Waals surface area (Å²) < 4.78 is 0. The summed E-state index contributed by atoms with van der Waals surface area (Å²) >= 11 is 0. The zero-order valence-electron chi connectivity index (χ0n) is 6.22. The van der Waals surface area contributed by atoms with Crippen LogP contribution in [0.4, 0.5) is 4.79 Å². The van der Waals surface area contributed by atoms with E-state index in [4.69, 9.17) is 20.4 Å². The van der Waals surface area contributed by atoms with Crippen LogP contribution < -0.4 is 0 Å². The van der Waals surface area contributed by atoms with Gasteiger partial charge in [-0.3, -0.25) is 4.79 Å². The van der Waals surface area contributed by atoms with Crippen molar-refractivity contribution in [2.45, 2.75) is 11.8 Å². The van der Waals surface area contributed by atoms with Gasteiger partial charge in [0, 0.05) is 8.58 Å². The molecule has 0 spiro atoms. The summed E-state index contributed by atoms with van der Waals surface area (Å²) in [6.07, 6.45) is -1.13. The maximum Gasteiger partial charge on any atom is 0.341 e. The minimum Gasteiger partial charge on any atom is -0.481 e. The van der Waals surface area contributed by atoms with Crippen molar-refractivity contribution in [3.05, 3.63) is 0 Å². The van der Waals surface area contributed by atoms with Gasteiger partial charge in [0.1, 0.15) is 0 Å². The van der Waals surface area contributed by atoms with Gasteiger partial charge in [-0.05, 0) is 0 Å². The zero-order chi connectivity index (χ0) is 10.6. The first-order valence-electron chi connectivity index (χ1n) is 2.96. The first-order valence-corrected chi connectivity index (χ1v) is 3.96. The Bertz CT molecular complexity index is 231. The fourth-order valence-electron chi connectivity index (χ4n) is 0.569.